The first kappa shape index (κ1) is 11.2. The SMILES string of the molecule is CC(c1cccnc1)N1Cc2cccc(N)c2C1. The molecule has 0 amide bonds. The third-order valence-corrected chi connectivity index (χ3v) is 3.76. The summed E-state index contributed by atoms with van der Waals surface area (Å²) in [4.78, 5) is 6.62. The molecule has 3 heteroatoms. The Labute approximate surface area is 107 Å². The molecule has 2 aromatic rings. The van der Waals surface area contributed by atoms with Gasteiger partial charge in [-0.1, -0.05) is 18.2 Å². The van der Waals surface area contributed by atoms with Crippen molar-refractivity contribution < 1.29 is 0 Å². The van der Waals surface area contributed by atoms with E-state index in [1.54, 1.807) is 0 Å². The lowest BCUT2D eigenvalue weighted by atomic mass is 10.1. The maximum atomic E-state index is 6.03. The van der Waals surface area contributed by atoms with Gasteiger partial charge in [-0.2, -0.15) is 0 Å². The summed E-state index contributed by atoms with van der Waals surface area (Å²) in [5.41, 5.74) is 10.8. The standard InChI is InChI=1S/C15H17N3/c1-11(12-5-3-7-17-8-12)18-9-13-4-2-6-15(16)14(13)10-18/h2-8,11H,9-10,16H2,1H3. The second-order valence-corrected chi connectivity index (χ2v) is 4.85. The number of hydrogen-bond donors (Lipinski definition) is 1. The zero-order chi connectivity index (χ0) is 12.5. The van der Waals surface area contributed by atoms with E-state index >= 15 is 0 Å². The van der Waals surface area contributed by atoms with Crippen LogP contribution in [0.1, 0.15) is 29.7 Å². The molecule has 2 N–H and O–H groups in total. The smallest absolute Gasteiger partial charge is 0.0363 e. The summed E-state index contributed by atoms with van der Waals surface area (Å²) in [5.74, 6) is 0. The second-order valence-electron chi connectivity index (χ2n) is 4.85. The molecule has 1 aromatic heterocycles. The summed E-state index contributed by atoms with van der Waals surface area (Å²) in [6.07, 6.45) is 3.75. The van der Waals surface area contributed by atoms with E-state index in [0.717, 1.165) is 18.8 Å². The zero-order valence-corrected chi connectivity index (χ0v) is 10.5. The van der Waals surface area contributed by atoms with E-state index in [1.165, 1.54) is 16.7 Å². The first-order valence-corrected chi connectivity index (χ1v) is 6.26. The lowest BCUT2D eigenvalue weighted by molar-refractivity contribution is 0.215. The molecule has 0 saturated heterocycles. The van der Waals surface area contributed by atoms with Crippen molar-refractivity contribution in [1.29, 1.82) is 0 Å². The third kappa shape index (κ3) is 1.87. The van der Waals surface area contributed by atoms with Crippen LogP contribution in [-0.2, 0) is 13.1 Å². The van der Waals surface area contributed by atoms with E-state index in [0.29, 0.717) is 6.04 Å². The molecule has 92 valence electrons. The van der Waals surface area contributed by atoms with Crippen LogP contribution >= 0.6 is 0 Å². The fourth-order valence-electron chi connectivity index (χ4n) is 2.58. The molecular formula is C15H17N3. The molecular weight excluding hydrogens is 222 g/mol. The Hall–Kier alpha value is -1.87. The molecule has 3 rings (SSSR count). The predicted molar refractivity (Wildman–Crippen MR) is 72.8 cm³/mol. The molecule has 1 aromatic carbocycles. The highest BCUT2D eigenvalue weighted by atomic mass is 15.2. The van der Waals surface area contributed by atoms with E-state index in [2.05, 4.69) is 28.9 Å². The molecule has 1 aliphatic rings. The molecule has 3 nitrogen and oxygen atoms in total. The number of aromatic nitrogens is 1. The van der Waals surface area contributed by atoms with Crippen molar-refractivity contribution in [3.8, 4) is 0 Å². The lowest BCUT2D eigenvalue weighted by Crippen LogP contribution is -2.20. The van der Waals surface area contributed by atoms with E-state index < -0.39 is 0 Å². The van der Waals surface area contributed by atoms with Crippen LogP contribution < -0.4 is 5.73 Å². The molecule has 0 bridgehead atoms. The van der Waals surface area contributed by atoms with Crippen LogP contribution in [0.3, 0.4) is 0 Å². The highest BCUT2D eigenvalue weighted by Crippen LogP contribution is 2.33. The van der Waals surface area contributed by atoms with Crippen LogP contribution in [0, 0.1) is 0 Å². The van der Waals surface area contributed by atoms with Crippen molar-refractivity contribution in [2.75, 3.05) is 5.73 Å². The van der Waals surface area contributed by atoms with Crippen molar-refractivity contribution in [3.05, 3.63) is 59.4 Å². The Morgan fingerprint density at radius 2 is 2.11 bits per heavy atom. The monoisotopic (exact) mass is 239 g/mol. The number of rotatable bonds is 2. The van der Waals surface area contributed by atoms with Crippen molar-refractivity contribution in [3.63, 3.8) is 0 Å². The zero-order valence-electron chi connectivity index (χ0n) is 10.5. The Morgan fingerprint density at radius 3 is 2.83 bits per heavy atom. The maximum Gasteiger partial charge on any atom is 0.0363 e. The van der Waals surface area contributed by atoms with Crippen LogP contribution in [0.5, 0.6) is 0 Å². The van der Waals surface area contributed by atoms with Crippen LogP contribution in [0.2, 0.25) is 0 Å². The van der Waals surface area contributed by atoms with Gasteiger partial charge < -0.3 is 5.73 Å². The summed E-state index contributed by atoms with van der Waals surface area (Å²) < 4.78 is 0. The van der Waals surface area contributed by atoms with Crippen LogP contribution in [-0.4, -0.2) is 9.88 Å². The van der Waals surface area contributed by atoms with Gasteiger partial charge in [0.1, 0.15) is 0 Å². The minimum Gasteiger partial charge on any atom is -0.398 e. The van der Waals surface area contributed by atoms with Gasteiger partial charge in [-0.05, 0) is 35.7 Å². The quantitative estimate of drug-likeness (QED) is 0.819. The molecule has 0 aliphatic carbocycles. The molecule has 18 heavy (non-hydrogen) atoms. The van der Waals surface area contributed by atoms with E-state index in [4.69, 9.17) is 5.73 Å². The average molecular weight is 239 g/mol. The van der Waals surface area contributed by atoms with Gasteiger partial charge in [-0.15, -0.1) is 0 Å². The number of fused-ring (bicyclic) bond motifs is 1. The van der Waals surface area contributed by atoms with Gasteiger partial charge in [0.25, 0.3) is 0 Å². The Kier molecular flexibility index (Phi) is 2.76. The van der Waals surface area contributed by atoms with Crippen molar-refractivity contribution >= 4 is 5.69 Å². The number of pyridine rings is 1. The average Bonchev–Trinajstić information content (AvgIpc) is 2.84. The molecule has 1 aliphatic heterocycles. The number of anilines is 1. The molecule has 2 heterocycles. The topological polar surface area (TPSA) is 42.2 Å². The van der Waals surface area contributed by atoms with Crippen molar-refractivity contribution in [2.45, 2.75) is 26.1 Å². The first-order chi connectivity index (χ1) is 8.75. The van der Waals surface area contributed by atoms with Gasteiger partial charge in [0.05, 0.1) is 0 Å². The summed E-state index contributed by atoms with van der Waals surface area (Å²) in [6.45, 7) is 4.12. The van der Waals surface area contributed by atoms with E-state index in [-0.39, 0.29) is 0 Å². The van der Waals surface area contributed by atoms with Crippen molar-refractivity contribution in [1.82, 2.24) is 9.88 Å². The maximum absolute atomic E-state index is 6.03. The van der Waals surface area contributed by atoms with E-state index in [9.17, 15) is 0 Å². The van der Waals surface area contributed by atoms with Crippen LogP contribution in [0.4, 0.5) is 5.69 Å². The minimum absolute atomic E-state index is 0.366. The van der Waals surface area contributed by atoms with E-state index in [1.807, 2.05) is 30.6 Å². The highest BCUT2D eigenvalue weighted by Gasteiger charge is 2.25. The fraction of sp³-hybridized carbons (Fsp3) is 0.267. The molecule has 0 fully saturated rings. The molecule has 0 radical (unpaired) electrons. The Morgan fingerprint density at radius 1 is 1.22 bits per heavy atom. The van der Waals surface area contributed by atoms with Gasteiger partial charge >= 0.3 is 0 Å². The number of hydrogen-bond acceptors (Lipinski definition) is 3. The number of nitrogen functional groups attached to an aromatic ring is 1. The predicted octanol–water partition coefficient (Wildman–Crippen LogP) is 2.74. The summed E-state index contributed by atoms with van der Waals surface area (Å²) in [5, 5.41) is 0. The molecule has 1 unspecified atom stereocenters. The summed E-state index contributed by atoms with van der Waals surface area (Å²) in [6, 6.07) is 10.7. The normalized spacial score (nSPS) is 16.5. The lowest BCUT2D eigenvalue weighted by Gasteiger charge is -2.23. The summed E-state index contributed by atoms with van der Waals surface area (Å²) >= 11 is 0. The fourth-order valence-corrected chi connectivity index (χ4v) is 2.58. The van der Waals surface area contributed by atoms with Gasteiger partial charge in [0, 0.05) is 37.2 Å². The van der Waals surface area contributed by atoms with Gasteiger partial charge in [0.15, 0.2) is 0 Å². The van der Waals surface area contributed by atoms with Gasteiger partial charge in [-0.3, -0.25) is 9.88 Å². The summed E-state index contributed by atoms with van der Waals surface area (Å²) in [7, 11) is 0. The van der Waals surface area contributed by atoms with Gasteiger partial charge in [-0.25, -0.2) is 0 Å². The highest BCUT2D eigenvalue weighted by molar-refractivity contribution is 5.52. The molecule has 1 atom stereocenters. The Balaban J connectivity index is 1.84. The van der Waals surface area contributed by atoms with Gasteiger partial charge in [0.2, 0.25) is 0 Å². The largest absolute Gasteiger partial charge is 0.398 e. The second kappa shape index (κ2) is 4.42. The number of nitrogens with zero attached hydrogens (tertiary/aromatic N) is 2. The van der Waals surface area contributed by atoms with Crippen molar-refractivity contribution in [2.24, 2.45) is 0 Å². The van der Waals surface area contributed by atoms with Crippen LogP contribution in [0.25, 0.3) is 0 Å². The third-order valence-electron chi connectivity index (χ3n) is 3.76. The first-order valence-electron chi connectivity index (χ1n) is 6.26. The number of nitrogens with two attached hydrogens (primary N) is 1. The minimum atomic E-state index is 0.366. The molecule has 0 spiro atoms. The number of benzene rings is 1. The Bertz CT molecular complexity index is 551. The molecule has 0 saturated carbocycles. The van der Waals surface area contributed by atoms with Crippen LogP contribution in [0.15, 0.2) is 42.7 Å².